The summed E-state index contributed by atoms with van der Waals surface area (Å²) < 4.78 is 6.68. The average Bonchev–Trinajstić information content (AvgIpc) is 3.14. The first kappa shape index (κ1) is 19.0. The molecule has 0 aromatic carbocycles. The van der Waals surface area contributed by atoms with Crippen molar-refractivity contribution in [2.45, 2.75) is 26.6 Å². The van der Waals surface area contributed by atoms with E-state index in [0.29, 0.717) is 16.2 Å². The predicted molar refractivity (Wildman–Crippen MR) is 110 cm³/mol. The highest BCUT2D eigenvalue weighted by atomic mass is 32.1. The van der Waals surface area contributed by atoms with Gasteiger partial charge in [0.15, 0.2) is 10.8 Å². The van der Waals surface area contributed by atoms with Crippen LogP contribution in [0, 0.1) is 12.3 Å². The molecule has 3 rings (SSSR count). The number of hydrogen-bond acceptors (Lipinski definition) is 6. The number of ether oxygens (including phenoxy) is 1. The summed E-state index contributed by atoms with van der Waals surface area (Å²) in [6.45, 7) is 8.33. The van der Waals surface area contributed by atoms with Crippen LogP contribution in [0.5, 0.6) is 0 Å². The van der Waals surface area contributed by atoms with Gasteiger partial charge in [0.1, 0.15) is 19.3 Å². The lowest BCUT2D eigenvalue weighted by molar-refractivity contribution is 0.0524. The van der Waals surface area contributed by atoms with Gasteiger partial charge in [-0.05, 0) is 19.1 Å². The Morgan fingerprint density at radius 3 is 2.67 bits per heavy atom. The largest absolute Gasteiger partial charge is 0.462 e. The van der Waals surface area contributed by atoms with E-state index in [1.807, 2.05) is 6.07 Å². The molecule has 0 fully saturated rings. The number of fused-ring (bicyclic) bond motifs is 1. The maximum absolute atomic E-state index is 13.1. The Balaban J connectivity index is 2.51. The van der Waals surface area contributed by atoms with Crippen LogP contribution in [0.1, 0.15) is 23.0 Å². The zero-order valence-electron chi connectivity index (χ0n) is 15.6. The van der Waals surface area contributed by atoms with Gasteiger partial charge < -0.3 is 4.74 Å². The van der Waals surface area contributed by atoms with Gasteiger partial charge in [-0.2, -0.15) is 0 Å². The summed E-state index contributed by atoms with van der Waals surface area (Å²) in [7, 11) is -1.74. The lowest BCUT2D eigenvalue weighted by atomic mass is 10.1. The van der Waals surface area contributed by atoms with Crippen molar-refractivity contribution in [3.05, 3.63) is 45.2 Å². The van der Waals surface area contributed by atoms with Crippen LogP contribution in [-0.2, 0) is 4.74 Å². The van der Waals surface area contributed by atoms with Gasteiger partial charge in [0.05, 0.1) is 12.0 Å². The SMILES string of the molecule is C#Cc1c(C(=O)OCC)c(=O)c2ccc([Si](C)(C)C)nc2n1-c1nccs1. The first-order chi connectivity index (χ1) is 12.8. The molecular formula is C19H19N3O3SSi. The lowest BCUT2D eigenvalue weighted by Gasteiger charge is -2.18. The topological polar surface area (TPSA) is 74.1 Å². The second-order valence-electron chi connectivity index (χ2n) is 6.89. The third kappa shape index (κ3) is 3.31. The Morgan fingerprint density at radius 2 is 2.11 bits per heavy atom. The van der Waals surface area contributed by atoms with Crippen LogP contribution < -0.4 is 10.7 Å². The number of pyridine rings is 2. The van der Waals surface area contributed by atoms with Gasteiger partial charge in [-0.25, -0.2) is 14.8 Å². The summed E-state index contributed by atoms with van der Waals surface area (Å²) in [6, 6.07) is 3.57. The summed E-state index contributed by atoms with van der Waals surface area (Å²) in [6.07, 6.45) is 7.35. The Bertz CT molecular complexity index is 1120. The molecule has 0 amide bonds. The molecule has 0 aliphatic carbocycles. The van der Waals surface area contributed by atoms with E-state index in [2.05, 4.69) is 30.5 Å². The fraction of sp³-hybridized carbons (Fsp3) is 0.263. The zero-order valence-corrected chi connectivity index (χ0v) is 17.4. The first-order valence-electron chi connectivity index (χ1n) is 8.43. The number of terminal acetylenes is 1. The molecule has 6 nitrogen and oxygen atoms in total. The zero-order chi connectivity index (χ0) is 19.8. The molecule has 0 bridgehead atoms. The molecule has 0 aliphatic rings. The Morgan fingerprint density at radius 1 is 1.37 bits per heavy atom. The molecule has 0 radical (unpaired) electrons. The van der Waals surface area contributed by atoms with Crippen LogP contribution in [0.15, 0.2) is 28.5 Å². The number of thiazole rings is 1. The van der Waals surface area contributed by atoms with E-state index in [-0.39, 0.29) is 17.9 Å². The van der Waals surface area contributed by atoms with E-state index in [9.17, 15) is 9.59 Å². The number of rotatable bonds is 4. The summed E-state index contributed by atoms with van der Waals surface area (Å²) in [5, 5.41) is 3.59. The maximum Gasteiger partial charge on any atom is 0.345 e. The minimum absolute atomic E-state index is 0.112. The standard InChI is InChI=1S/C19H19N3O3SSi/c1-6-13-15(18(24)25-7-2)16(23)12-8-9-14(27(3,4)5)21-17(12)22(13)19-20-10-11-26-19/h1,8-11H,7H2,2-5H3. The molecule has 0 saturated carbocycles. The molecule has 0 saturated heterocycles. The van der Waals surface area contributed by atoms with E-state index >= 15 is 0 Å². The summed E-state index contributed by atoms with van der Waals surface area (Å²) in [5.74, 6) is 1.74. The van der Waals surface area contributed by atoms with Crippen molar-refractivity contribution in [3.8, 4) is 17.5 Å². The van der Waals surface area contributed by atoms with Crippen LogP contribution >= 0.6 is 11.3 Å². The van der Waals surface area contributed by atoms with Crippen molar-refractivity contribution >= 4 is 41.7 Å². The van der Waals surface area contributed by atoms with E-state index in [1.54, 1.807) is 29.1 Å². The fourth-order valence-electron chi connectivity index (χ4n) is 2.72. The number of esters is 1. The van der Waals surface area contributed by atoms with Crippen LogP contribution in [0.2, 0.25) is 19.6 Å². The van der Waals surface area contributed by atoms with Crippen molar-refractivity contribution in [1.82, 2.24) is 14.5 Å². The Kier molecular flexibility index (Phi) is 5.00. The van der Waals surface area contributed by atoms with Crippen LogP contribution in [0.4, 0.5) is 0 Å². The van der Waals surface area contributed by atoms with Gasteiger partial charge in [0.25, 0.3) is 0 Å². The molecule has 3 aromatic rings. The molecule has 3 heterocycles. The Hall–Kier alpha value is -2.76. The molecule has 0 atom stereocenters. The molecule has 0 N–H and O–H groups in total. The third-order valence-corrected chi connectivity index (χ3v) is 6.59. The second-order valence-corrected chi connectivity index (χ2v) is 12.8. The van der Waals surface area contributed by atoms with Crippen molar-refractivity contribution in [3.63, 3.8) is 0 Å². The maximum atomic E-state index is 13.1. The number of hydrogen-bond donors (Lipinski definition) is 0. The minimum Gasteiger partial charge on any atom is -0.462 e. The number of nitrogens with zero attached hydrogens (tertiary/aromatic N) is 3. The average molecular weight is 398 g/mol. The molecule has 0 spiro atoms. The Labute approximate surface area is 161 Å². The number of carbonyl (C=O) groups is 1. The first-order valence-corrected chi connectivity index (χ1v) is 12.8. The van der Waals surface area contributed by atoms with Gasteiger partial charge in [-0.15, -0.1) is 17.8 Å². The van der Waals surface area contributed by atoms with Crippen LogP contribution in [-0.4, -0.2) is 35.2 Å². The van der Waals surface area contributed by atoms with Gasteiger partial charge in [-0.1, -0.05) is 25.6 Å². The van der Waals surface area contributed by atoms with Gasteiger partial charge in [0, 0.05) is 16.9 Å². The molecule has 27 heavy (non-hydrogen) atoms. The quantitative estimate of drug-likeness (QED) is 0.384. The van der Waals surface area contributed by atoms with E-state index in [4.69, 9.17) is 16.1 Å². The molecular weight excluding hydrogens is 378 g/mol. The highest BCUT2D eigenvalue weighted by molar-refractivity contribution is 7.12. The molecule has 138 valence electrons. The van der Waals surface area contributed by atoms with Gasteiger partial charge in [0.2, 0.25) is 5.43 Å². The van der Waals surface area contributed by atoms with Crippen molar-refractivity contribution in [2.75, 3.05) is 6.61 Å². The fourth-order valence-corrected chi connectivity index (χ4v) is 4.39. The van der Waals surface area contributed by atoms with E-state index in [0.717, 1.165) is 5.32 Å². The van der Waals surface area contributed by atoms with E-state index in [1.165, 1.54) is 11.3 Å². The number of carbonyl (C=O) groups excluding carboxylic acids is 1. The molecule has 0 aliphatic heterocycles. The summed E-state index contributed by atoms with van der Waals surface area (Å²) in [5.41, 5.74) is -0.111. The highest BCUT2D eigenvalue weighted by Gasteiger charge is 2.26. The summed E-state index contributed by atoms with van der Waals surface area (Å²) >= 11 is 1.35. The molecule has 8 heteroatoms. The summed E-state index contributed by atoms with van der Waals surface area (Å²) in [4.78, 5) is 34.6. The highest BCUT2D eigenvalue weighted by Crippen LogP contribution is 2.22. The van der Waals surface area contributed by atoms with E-state index < -0.39 is 19.5 Å². The minimum atomic E-state index is -1.74. The third-order valence-electron chi connectivity index (χ3n) is 4.01. The van der Waals surface area contributed by atoms with Gasteiger partial charge in [-0.3, -0.25) is 9.36 Å². The van der Waals surface area contributed by atoms with Crippen LogP contribution in [0.25, 0.3) is 16.2 Å². The smallest absolute Gasteiger partial charge is 0.345 e. The molecule has 3 aromatic heterocycles. The molecule has 0 unspecified atom stereocenters. The van der Waals surface area contributed by atoms with Gasteiger partial charge >= 0.3 is 5.97 Å². The lowest BCUT2D eigenvalue weighted by Crippen LogP contribution is -2.40. The van der Waals surface area contributed by atoms with Crippen molar-refractivity contribution in [1.29, 1.82) is 0 Å². The predicted octanol–water partition coefficient (Wildman–Crippen LogP) is 2.55. The van der Waals surface area contributed by atoms with Crippen molar-refractivity contribution < 1.29 is 9.53 Å². The monoisotopic (exact) mass is 397 g/mol. The number of aromatic nitrogens is 3. The van der Waals surface area contributed by atoms with Crippen molar-refractivity contribution in [2.24, 2.45) is 0 Å². The van der Waals surface area contributed by atoms with Crippen LogP contribution in [0.3, 0.4) is 0 Å². The second kappa shape index (κ2) is 7.10. The normalized spacial score (nSPS) is 11.4.